The Morgan fingerprint density at radius 2 is 2.03 bits per heavy atom. The lowest BCUT2D eigenvalue weighted by atomic mass is 9.98. The maximum atomic E-state index is 14.2. The molecule has 31 heavy (non-hydrogen) atoms. The molecule has 0 saturated carbocycles. The summed E-state index contributed by atoms with van der Waals surface area (Å²) in [6.07, 6.45) is 2.54. The summed E-state index contributed by atoms with van der Waals surface area (Å²) in [6, 6.07) is 7.53. The number of hydrogen-bond acceptors (Lipinski definition) is 8. The van der Waals surface area contributed by atoms with Crippen LogP contribution in [0.4, 0.5) is 16.0 Å². The van der Waals surface area contributed by atoms with Crippen LogP contribution in [0.1, 0.15) is 18.1 Å². The molecule has 0 aliphatic heterocycles. The van der Waals surface area contributed by atoms with E-state index >= 15 is 0 Å². The summed E-state index contributed by atoms with van der Waals surface area (Å²) >= 11 is 11.9. The molecule has 0 bridgehead atoms. The van der Waals surface area contributed by atoms with Gasteiger partial charge in [0.15, 0.2) is 22.3 Å². The van der Waals surface area contributed by atoms with Gasteiger partial charge in [-0.15, -0.1) is 0 Å². The topological polar surface area (TPSA) is 138 Å². The second-order valence-corrected chi connectivity index (χ2v) is 7.47. The summed E-state index contributed by atoms with van der Waals surface area (Å²) in [5, 5.41) is 28.1. The predicted octanol–water partition coefficient (Wildman–Crippen LogP) is 3.36. The molecule has 1 atom stereocenters. The molecule has 12 heteroatoms. The number of nitrogens with one attached hydrogen (secondary N) is 1. The number of halogens is 3. The molecular weight excluding hydrogens is 446 g/mol. The lowest BCUT2D eigenvalue weighted by molar-refractivity contribution is 0.0885. The van der Waals surface area contributed by atoms with Crippen LogP contribution < -0.4 is 11.1 Å². The van der Waals surface area contributed by atoms with Gasteiger partial charge >= 0.3 is 0 Å². The monoisotopic (exact) mass is 458 g/mol. The van der Waals surface area contributed by atoms with E-state index in [1.54, 1.807) is 6.07 Å². The zero-order chi connectivity index (χ0) is 22.3. The molecule has 9 nitrogen and oxygen atoms in total. The quantitative estimate of drug-likeness (QED) is 0.395. The third-order valence-electron chi connectivity index (χ3n) is 4.52. The molecule has 0 amide bonds. The molecule has 0 spiro atoms. The lowest BCUT2D eigenvalue weighted by Crippen LogP contribution is -2.33. The van der Waals surface area contributed by atoms with Crippen LogP contribution in [-0.2, 0) is 5.72 Å². The molecule has 0 fully saturated rings. The van der Waals surface area contributed by atoms with E-state index in [1.807, 2.05) is 6.07 Å². The fraction of sp³-hybridized carbons (Fsp3) is 0.105. The number of hydrogen-bond donors (Lipinski definition) is 3. The van der Waals surface area contributed by atoms with Gasteiger partial charge in [0.05, 0.1) is 16.9 Å². The predicted molar refractivity (Wildman–Crippen MR) is 113 cm³/mol. The van der Waals surface area contributed by atoms with Crippen LogP contribution in [0, 0.1) is 17.1 Å². The average Bonchev–Trinajstić information content (AvgIpc) is 3.09. The largest absolute Gasteiger partial charge is 0.382 e. The van der Waals surface area contributed by atoms with E-state index < -0.39 is 11.5 Å². The number of nitriles is 1. The van der Waals surface area contributed by atoms with E-state index in [0.29, 0.717) is 11.2 Å². The molecule has 0 radical (unpaired) electrons. The Bertz CT molecular complexity index is 1370. The van der Waals surface area contributed by atoms with Crippen molar-refractivity contribution < 1.29 is 9.50 Å². The average molecular weight is 459 g/mol. The van der Waals surface area contributed by atoms with E-state index in [0.717, 1.165) is 6.33 Å². The van der Waals surface area contributed by atoms with Crippen molar-refractivity contribution in [2.45, 2.75) is 12.6 Å². The number of nitrogens with two attached hydrogens (primary N) is 1. The third-order valence-corrected chi connectivity index (χ3v) is 5.08. The van der Waals surface area contributed by atoms with Gasteiger partial charge in [-0.25, -0.2) is 23.9 Å². The molecule has 4 N–H and O–H groups in total. The molecule has 0 unspecified atom stereocenters. The van der Waals surface area contributed by atoms with Crippen molar-refractivity contribution in [1.82, 2.24) is 24.6 Å². The maximum absolute atomic E-state index is 14.2. The molecule has 0 aliphatic carbocycles. The van der Waals surface area contributed by atoms with Crippen molar-refractivity contribution in [3.05, 3.63) is 63.9 Å². The van der Waals surface area contributed by atoms with E-state index in [4.69, 9.17) is 28.9 Å². The Morgan fingerprint density at radius 1 is 1.26 bits per heavy atom. The summed E-state index contributed by atoms with van der Waals surface area (Å²) < 4.78 is 15.5. The van der Waals surface area contributed by atoms with Gasteiger partial charge in [-0.1, -0.05) is 29.3 Å². The van der Waals surface area contributed by atoms with Gasteiger partial charge in [-0.3, -0.25) is 0 Å². The van der Waals surface area contributed by atoms with Gasteiger partial charge < -0.3 is 16.2 Å². The number of benzene rings is 1. The smallest absolute Gasteiger partial charge is 0.162 e. The van der Waals surface area contributed by atoms with Gasteiger partial charge in [0.2, 0.25) is 0 Å². The number of rotatable bonds is 4. The van der Waals surface area contributed by atoms with Crippen LogP contribution in [0.15, 0.2) is 36.8 Å². The normalized spacial score (nSPS) is 13.0. The van der Waals surface area contributed by atoms with E-state index in [9.17, 15) is 14.8 Å². The molecule has 0 saturated heterocycles. The molecule has 3 aromatic heterocycles. The van der Waals surface area contributed by atoms with Crippen molar-refractivity contribution in [3.8, 4) is 17.3 Å². The van der Waals surface area contributed by atoms with Crippen LogP contribution in [0.5, 0.6) is 0 Å². The Hall–Kier alpha value is -3.52. The molecular formula is C19H13Cl2FN8O. The Balaban J connectivity index is 1.92. The van der Waals surface area contributed by atoms with E-state index in [1.165, 1.54) is 35.8 Å². The lowest BCUT2D eigenvalue weighted by Gasteiger charge is -2.28. The molecule has 4 rings (SSSR count). The highest BCUT2D eigenvalue weighted by Gasteiger charge is 2.31. The highest BCUT2D eigenvalue weighted by molar-refractivity contribution is 6.30. The molecule has 4 aromatic rings. The Kier molecular flexibility index (Phi) is 5.10. The zero-order valence-electron chi connectivity index (χ0n) is 15.8. The summed E-state index contributed by atoms with van der Waals surface area (Å²) in [5.41, 5.74) is 4.92. The van der Waals surface area contributed by atoms with E-state index in [2.05, 4.69) is 25.4 Å². The number of nitrogens with zero attached hydrogens (tertiary/aromatic N) is 6. The third kappa shape index (κ3) is 3.70. The van der Waals surface area contributed by atoms with Crippen molar-refractivity contribution in [1.29, 1.82) is 5.26 Å². The summed E-state index contributed by atoms with van der Waals surface area (Å²) in [4.78, 5) is 11.9. The fourth-order valence-corrected chi connectivity index (χ4v) is 3.31. The Labute approximate surface area is 184 Å². The van der Waals surface area contributed by atoms with Crippen molar-refractivity contribution >= 4 is 40.5 Å². The minimum Gasteiger partial charge on any atom is -0.382 e. The fourth-order valence-electron chi connectivity index (χ4n) is 3.02. The van der Waals surface area contributed by atoms with Gasteiger partial charge in [-0.2, -0.15) is 10.4 Å². The molecule has 1 aromatic carbocycles. The van der Waals surface area contributed by atoms with Gasteiger partial charge in [0, 0.05) is 11.1 Å². The van der Waals surface area contributed by atoms with Crippen LogP contribution in [0.2, 0.25) is 10.2 Å². The van der Waals surface area contributed by atoms with Crippen LogP contribution in [0.25, 0.3) is 16.9 Å². The molecule has 3 heterocycles. The minimum atomic E-state index is -1.84. The van der Waals surface area contributed by atoms with Gasteiger partial charge in [0.25, 0.3) is 0 Å². The molecule has 0 aliphatic rings. The summed E-state index contributed by atoms with van der Waals surface area (Å²) in [6.45, 7) is 1.42. The standard InChI is InChI=1S/C19H13Cl2FN8O/c1-19(31,28-18-10(6-23)17(24)26-8-27-18)11-5-15-25-7-14(21)30(15)29-16(11)9-2-3-12(20)13(22)4-9/h2-5,7-8,31H,1H3,(H3,24,26,27,28)/t19-/m0/s1. The van der Waals surface area contributed by atoms with Gasteiger partial charge in [0.1, 0.15) is 29.6 Å². The van der Waals surface area contributed by atoms with Crippen molar-refractivity contribution in [3.63, 3.8) is 0 Å². The number of fused-ring (bicyclic) bond motifs is 1. The summed E-state index contributed by atoms with van der Waals surface area (Å²) in [5.74, 6) is -0.703. The first-order valence-corrected chi connectivity index (χ1v) is 9.48. The highest BCUT2D eigenvalue weighted by atomic mass is 35.5. The molecule has 156 valence electrons. The van der Waals surface area contributed by atoms with Crippen molar-refractivity contribution in [2.24, 2.45) is 0 Å². The first kappa shape index (κ1) is 20.7. The van der Waals surface area contributed by atoms with Crippen LogP contribution >= 0.6 is 23.2 Å². The zero-order valence-corrected chi connectivity index (χ0v) is 17.3. The highest BCUT2D eigenvalue weighted by Crippen LogP contribution is 2.34. The first-order valence-electron chi connectivity index (χ1n) is 8.72. The first-order chi connectivity index (χ1) is 14.7. The number of imidazole rings is 1. The van der Waals surface area contributed by atoms with Crippen LogP contribution in [-0.4, -0.2) is 29.7 Å². The van der Waals surface area contributed by atoms with E-state index in [-0.39, 0.29) is 38.6 Å². The van der Waals surface area contributed by atoms with Crippen LogP contribution in [0.3, 0.4) is 0 Å². The summed E-state index contributed by atoms with van der Waals surface area (Å²) in [7, 11) is 0. The number of nitrogen functional groups attached to an aromatic ring is 1. The number of anilines is 2. The van der Waals surface area contributed by atoms with Gasteiger partial charge in [-0.05, 0) is 25.1 Å². The number of aromatic nitrogens is 5. The second-order valence-electron chi connectivity index (χ2n) is 6.68. The van der Waals surface area contributed by atoms with Crippen molar-refractivity contribution in [2.75, 3.05) is 11.1 Å². The SMILES string of the molecule is C[C@@](O)(Nc1ncnc(N)c1C#N)c1cc2ncc(Cl)n2nc1-c1ccc(Cl)c(F)c1. The second kappa shape index (κ2) is 7.63. The Morgan fingerprint density at radius 3 is 2.74 bits per heavy atom. The maximum Gasteiger partial charge on any atom is 0.162 e. The minimum absolute atomic E-state index is 0.00878. The number of aliphatic hydroxyl groups is 1.